The molecule has 4 heteroatoms. The molecule has 2 heterocycles. The van der Waals surface area contributed by atoms with Crippen LogP contribution in [0.5, 0.6) is 0 Å². The maximum Gasteiger partial charge on any atom is 0.251 e. The van der Waals surface area contributed by atoms with E-state index in [0.717, 1.165) is 37.4 Å². The van der Waals surface area contributed by atoms with Crippen LogP contribution in [0.3, 0.4) is 0 Å². The molecule has 1 fully saturated rings. The van der Waals surface area contributed by atoms with Gasteiger partial charge in [-0.3, -0.25) is 4.79 Å². The van der Waals surface area contributed by atoms with Crippen LogP contribution in [0.1, 0.15) is 25.4 Å². The molecule has 1 aliphatic rings. The Balaban J connectivity index is 2.11. The monoisotopic (exact) mass is 221 g/mol. The molecule has 0 atom stereocenters. The molecule has 16 heavy (non-hydrogen) atoms. The van der Waals surface area contributed by atoms with E-state index in [1.165, 1.54) is 0 Å². The van der Waals surface area contributed by atoms with Gasteiger partial charge in [0, 0.05) is 18.2 Å². The third-order valence-electron chi connectivity index (χ3n) is 2.81. The molecule has 1 aliphatic heterocycles. The summed E-state index contributed by atoms with van der Waals surface area (Å²) < 4.78 is 0. The molecule has 0 bridgehead atoms. The molecule has 0 amide bonds. The zero-order valence-corrected chi connectivity index (χ0v) is 9.92. The van der Waals surface area contributed by atoms with Crippen molar-refractivity contribution in [2.45, 2.75) is 26.7 Å². The molecular weight excluding hydrogens is 202 g/mol. The number of nitrogens with one attached hydrogen (secondary N) is 2. The second-order valence-corrected chi connectivity index (χ2v) is 5.01. The number of hydrogen-bond donors (Lipinski definition) is 2. The van der Waals surface area contributed by atoms with E-state index in [-0.39, 0.29) is 5.56 Å². The van der Waals surface area contributed by atoms with Gasteiger partial charge in [-0.1, -0.05) is 13.8 Å². The molecule has 1 aromatic heterocycles. The number of nitrogens with zero attached hydrogens (tertiary/aromatic N) is 1. The quantitative estimate of drug-likeness (QED) is 0.788. The summed E-state index contributed by atoms with van der Waals surface area (Å²) in [6.07, 6.45) is 1.76. The van der Waals surface area contributed by atoms with Crippen molar-refractivity contribution < 1.29 is 0 Å². The van der Waals surface area contributed by atoms with E-state index in [4.69, 9.17) is 0 Å². The highest BCUT2D eigenvalue weighted by atomic mass is 16.1. The van der Waals surface area contributed by atoms with Crippen molar-refractivity contribution in [2.24, 2.45) is 11.8 Å². The minimum Gasteiger partial charge on any atom is -0.316 e. The Labute approximate surface area is 95.5 Å². The van der Waals surface area contributed by atoms with E-state index >= 15 is 0 Å². The summed E-state index contributed by atoms with van der Waals surface area (Å²) in [7, 11) is 0. The molecule has 0 spiro atoms. The predicted octanol–water partition coefficient (Wildman–Crippen LogP) is 0.730. The molecule has 1 aromatic rings. The first-order chi connectivity index (χ1) is 7.63. The zero-order chi connectivity index (χ0) is 11.5. The van der Waals surface area contributed by atoms with Gasteiger partial charge in [0.05, 0.1) is 0 Å². The van der Waals surface area contributed by atoms with Crippen molar-refractivity contribution in [3.63, 3.8) is 0 Å². The first kappa shape index (κ1) is 11.3. The van der Waals surface area contributed by atoms with Crippen molar-refractivity contribution in [3.05, 3.63) is 27.9 Å². The Bertz CT molecular complexity index is 407. The molecule has 0 aromatic carbocycles. The molecule has 0 unspecified atom stereocenters. The molecular formula is C12H19N3O. The Morgan fingerprint density at radius 3 is 2.81 bits per heavy atom. The van der Waals surface area contributed by atoms with Crippen LogP contribution in [-0.4, -0.2) is 23.1 Å². The average molecular weight is 221 g/mol. The van der Waals surface area contributed by atoms with Crippen LogP contribution in [0.4, 0.5) is 0 Å². The largest absolute Gasteiger partial charge is 0.316 e. The van der Waals surface area contributed by atoms with Crippen LogP contribution in [-0.2, 0) is 12.8 Å². The average Bonchev–Trinajstić information content (AvgIpc) is 2.09. The van der Waals surface area contributed by atoms with Gasteiger partial charge < -0.3 is 10.3 Å². The lowest BCUT2D eigenvalue weighted by atomic mass is 9.99. The van der Waals surface area contributed by atoms with E-state index in [1.54, 1.807) is 6.07 Å². The van der Waals surface area contributed by atoms with Gasteiger partial charge in [-0.25, -0.2) is 4.98 Å². The maximum absolute atomic E-state index is 11.5. The Morgan fingerprint density at radius 2 is 2.25 bits per heavy atom. The van der Waals surface area contributed by atoms with Gasteiger partial charge in [0.15, 0.2) is 0 Å². The molecule has 0 saturated carbocycles. The first-order valence-electron chi connectivity index (χ1n) is 5.93. The third-order valence-corrected chi connectivity index (χ3v) is 2.81. The van der Waals surface area contributed by atoms with Crippen molar-refractivity contribution in [3.8, 4) is 0 Å². The van der Waals surface area contributed by atoms with Crippen molar-refractivity contribution >= 4 is 0 Å². The van der Waals surface area contributed by atoms with Gasteiger partial charge >= 0.3 is 0 Å². The topological polar surface area (TPSA) is 57.8 Å². The minimum atomic E-state index is -0.0204. The van der Waals surface area contributed by atoms with Crippen LogP contribution >= 0.6 is 0 Å². The summed E-state index contributed by atoms with van der Waals surface area (Å²) >= 11 is 0. The number of aromatic amines is 1. The Kier molecular flexibility index (Phi) is 3.39. The van der Waals surface area contributed by atoms with Gasteiger partial charge in [-0.15, -0.1) is 0 Å². The lowest BCUT2D eigenvalue weighted by Crippen LogP contribution is -2.43. The first-order valence-corrected chi connectivity index (χ1v) is 5.93. The zero-order valence-electron chi connectivity index (χ0n) is 9.92. The second-order valence-electron chi connectivity index (χ2n) is 5.01. The fourth-order valence-corrected chi connectivity index (χ4v) is 1.95. The van der Waals surface area contributed by atoms with E-state index in [0.29, 0.717) is 11.8 Å². The summed E-state index contributed by atoms with van der Waals surface area (Å²) in [5, 5.41) is 3.22. The highest BCUT2D eigenvalue weighted by Crippen LogP contribution is 2.09. The fourth-order valence-electron chi connectivity index (χ4n) is 1.95. The number of H-pyrrole nitrogens is 1. The van der Waals surface area contributed by atoms with Crippen molar-refractivity contribution in [2.75, 3.05) is 13.1 Å². The summed E-state index contributed by atoms with van der Waals surface area (Å²) in [5.74, 6) is 2.01. The van der Waals surface area contributed by atoms with Crippen molar-refractivity contribution in [1.29, 1.82) is 0 Å². The Hall–Kier alpha value is -1.16. The van der Waals surface area contributed by atoms with E-state index in [2.05, 4.69) is 29.1 Å². The lowest BCUT2D eigenvalue weighted by molar-refractivity contribution is 0.340. The summed E-state index contributed by atoms with van der Waals surface area (Å²) in [6.45, 7) is 6.35. The highest BCUT2D eigenvalue weighted by molar-refractivity contribution is 5.04. The molecule has 4 nitrogen and oxygen atoms in total. The van der Waals surface area contributed by atoms with Gasteiger partial charge in [0.25, 0.3) is 5.56 Å². The predicted molar refractivity (Wildman–Crippen MR) is 63.5 cm³/mol. The summed E-state index contributed by atoms with van der Waals surface area (Å²) in [5.41, 5.74) is 0.897. The van der Waals surface area contributed by atoms with Crippen LogP contribution in [0.2, 0.25) is 0 Å². The highest BCUT2D eigenvalue weighted by Gasteiger charge is 2.18. The minimum absolute atomic E-state index is 0.0204. The number of aromatic nitrogens is 2. The van der Waals surface area contributed by atoms with Crippen LogP contribution in [0.25, 0.3) is 0 Å². The van der Waals surface area contributed by atoms with Crippen LogP contribution < -0.4 is 10.9 Å². The van der Waals surface area contributed by atoms with E-state index in [1.807, 2.05) is 0 Å². The van der Waals surface area contributed by atoms with Gasteiger partial charge in [-0.2, -0.15) is 0 Å². The van der Waals surface area contributed by atoms with Gasteiger partial charge in [0.1, 0.15) is 5.82 Å². The van der Waals surface area contributed by atoms with E-state index in [9.17, 15) is 4.79 Å². The number of hydrogen-bond acceptors (Lipinski definition) is 3. The summed E-state index contributed by atoms with van der Waals surface area (Å²) in [4.78, 5) is 18.8. The van der Waals surface area contributed by atoms with Gasteiger partial charge in [0.2, 0.25) is 0 Å². The Morgan fingerprint density at radius 1 is 1.50 bits per heavy atom. The van der Waals surface area contributed by atoms with Crippen LogP contribution in [0.15, 0.2) is 10.9 Å². The van der Waals surface area contributed by atoms with Crippen molar-refractivity contribution in [1.82, 2.24) is 15.3 Å². The maximum atomic E-state index is 11.5. The molecule has 2 N–H and O–H groups in total. The SMILES string of the molecule is CC(C)Cc1cc(=O)[nH]c(CC2CNC2)n1. The molecule has 0 aliphatic carbocycles. The third kappa shape index (κ3) is 2.92. The van der Waals surface area contributed by atoms with Gasteiger partial charge in [-0.05, 0) is 31.3 Å². The lowest BCUT2D eigenvalue weighted by Gasteiger charge is -2.26. The molecule has 2 rings (SSSR count). The summed E-state index contributed by atoms with van der Waals surface area (Å²) in [6, 6.07) is 1.61. The van der Waals surface area contributed by atoms with Crippen LogP contribution in [0, 0.1) is 11.8 Å². The molecule has 0 radical (unpaired) electrons. The fraction of sp³-hybridized carbons (Fsp3) is 0.667. The normalized spacial score (nSPS) is 16.4. The smallest absolute Gasteiger partial charge is 0.251 e. The number of rotatable bonds is 4. The molecule has 88 valence electrons. The second kappa shape index (κ2) is 4.78. The van der Waals surface area contributed by atoms with E-state index < -0.39 is 0 Å². The standard InChI is InChI=1S/C12H19N3O/c1-8(2)3-10-5-12(16)15-11(14-10)4-9-6-13-7-9/h5,8-9,13H,3-4,6-7H2,1-2H3,(H,14,15,16). The molecule has 1 saturated heterocycles.